The maximum Gasteiger partial charge on any atom is 0.237 e. The van der Waals surface area contributed by atoms with E-state index in [0.29, 0.717) is 35.6 Å². The SMILES string of the molecule is COCCn1c(SCc2nc(-c3cccc(Cl)c3)no2)nnc1-c1ccncc1. The Morgan fingerprint density at radius 3 is 2.79 bits per heavy atom. The van der Waals surface area contributed by atoms with E-state index in [1.54, 1.807) is 31.6 Å². The summed E-state index contributed by atoms with van der Waals surface area (Å²) in [7, 11) is 1.67. The quantitative estimate of drug-likeness (QED) is 0.389. The zero-order valence-corrected chi connectivity index (χ0v) is 17.1. The van der Waals surface area contributed by atoms with Crippen LogP contribution in [0.15, 0.2) is 58.5 Å². The van der Waals surface area contributed by atoms with Crippen molar-refractivity contribution in [2.24, 2.45) is 0 Å². The van der Waals surface area contributed by atoms with Gasteiger partial charge in [0.05, 0.1) is 18.9 Å². The zero-order valence-electron chi connectivity index (χ0n) is 15.5. The molecule has 0 saturated heterocycles. The van der Waals surface area contributed by atoms with Gasteiger partial charge in [-0.25, -0.2) is 0 Å². The van der Waals surface area contributed by atoms with E-state index in [4.69, 9.17) is 20.9 Å². The minimum atomic E-state index is 0.467. The summed E-state index contributed by atoms with van der Waals surface area (Å²) in [6, 6.07) is 11.1. The molecule has 0 N–H and O–H groups in total. The summed E-state index contributed by atoms with van der Waals surface area (Å²) >= 11 is 7.51. The summed E-state index contributed by atoms with van der Waals surface area (Å²) in [5.41, 5.74) is 1.75. The Labute approximate surface area is 176 Å². The molecular formula is C19H17ClN6O2S. The van der Waals surface area contributed by atoms with Gasteiger partial charge in [0.1, 0.15) is 0 Å². The maximum atomic E-state index is 6.03. The number of halogens is 1. The van der Waals surface area contributed by atoms with Gasteiger partial charge < -0.3 is 9.26 Å². The molecule has 29 heavy (non-hydrogen) atoms. The third-order valence-corrected chi connectivity index (χ3v) is 5.24. The van der Waals surface area contributed by atoms with Crippen LogP contribution in [0.2, 0.25) is 5.02 Å². The minimum absolute atomic E-state index is 0.467. The number of nitrogens with zero attached hydrogens (tertiary/aromatic N) is 6. The number of aromatic nitrogens is 6. The molecule has 0 aliphatic carbocycles. The molecule has 0 saturated carbocycles. The molecule has 0 fully saturated rings. The molecule has 0 aliphatic rings. The van der Waals surface area contributed by atoms with Gasteiger partial charge in [-0.2, -0.15) is 4.98 Å². The molecule has 148 valence electrons. The monoisotopic (exact) mass is 428 g/mol. The summed E-state index contributed by atoms with van der Waals surface area (Å²) in [4.78, 5) is 8.50. The fourth-order valence-electron chi connectivity index (χ4n) is 2.68. The molecule has 4 rings (SSSR count). The van der Waals surface area contributed by atoms with E-state index in [2.05, 4.69) is 25.3 Å². The van der Waals surface area contributed by atoms with E-state index in [0.717, 1.165) is 22.1 Å². The topological polar surface area (TPSA) is 91.8 Å². The molecular weight excluding hydrogens is 412 g/mol. The van der Waals surface area contributed by atoms with Crippen LogP contribution >= 0.6 is 23.4 Å². The van der Waals surface area contributed by atoms with Crippen molar-refractivity contribution in [2.45, 2.75) is 17.5 Å². The molecule has 0 unspecified atom stereocenters. The van der Waals surface area contributed by atoms with Crippen LogP contribution in [-0.2, 0) is 17.0 Å². The van der Waals surface area contributed by atoms with Gasteiger partial charge in [0.25, 0.3) is 0 Å². The molecule has 10 heteroatoms. The first-order chi connectivity index (χ1) is 14.2. The molecule has 3 aromatic heterocycles. The Bertz CT molecular complexity index is 1090. The van der Waals surface area contributed by atoms with Crippen LogP contribution in [0.5, 0.6) is 0 Å². The molecule has 8 nitrogen and oxygen atoms in total. The van der Waals surface area contributed by atoms with Gasteiger partial charge in [0.15, 0.2) is 11.0 Å². The van der Waals surface area contributed by atoms with Crippen molar-refractivity contribution in [3.63, 3.8) is 0 Å². The molecule has 0 aliphatic heterocycles. The van der Waals surface area contributed by atoms with Gasteiger partial charge >= 0.3 is 0 Å². The Balaban J connectivity index is 1.52. The highest BCUT2D eigenvalue weighted by molar-refractivity contribution is 7.98. The lowest BCUT2D eigenvalue weighted by atomic mass is 10.2. The summed E-state index contributed by atoms with van der Waals surface area (Å²) in [6.07, 6.45) is 3.46. The number of hydrogen-bond donors (Lipinski definition) is 0. The first-order valence-electron chi connectivity index (χ1n) is 8.78. The summed E-state index contributed by atoms with van der Waals surface area (Å²) in [6.45, 7) is 1.17. The van der Waals surface area contributed by atoms with Crippen molar-refractivity contribution in [2.75, 3.05) is 13.7 Å². The van der Waals surface area contributed by atoms with E-state index < -0.39 is 0 Å². The van der Waals surface area contributed by atoms with Crippen molar-refractivity contribution < 1.29 is 9.26 Å². The molecule has 0 atom stereocenters. The lowest BCUT2D eigenvalue weighted by Gasteiger charge is -2.08. The van der Waals surface area contributed by atoms with Gasteiger partial charge in [-0.1, -0.05) is 40.7 Å². The van der Waals surface area contributed by atoms with Crippen LogP contribution < -0.4 is 0 Å². The molecule has 1 aromatic carbocycles. The van der Waals surface area contributed by atoms with E-state index in [-0.39, 0.29) is 0 Å². The second-order valence-electron chi connectivity index (χ2n) is 6.00. The van der Waals surface area contributed by atoms with Gasteiger partial charge in [0, 0.05) is 35.7 Å². The Morgan fingerprint density at radius 1 is 1.14 bits per heavy atom. The predicted molar refractivity (Wildman–Crippen MR) is 109 cm³/mol. The van der Waals surface area contributed by atoms with E-state index in [1.807, 2.05) is 28.8 Å². The Morgan fingerprint density at radius 2 is 2.00 bits per heavy atom. The molecule has 3 heterocycles. The van der Waals surface area contributed by atoms with Gasteiger partial charge in [-0.3, -0.25) is 9.55 Å². The van der Waals surface area contributed by atoms with Crippen LogP contribution in [-0.4, -0.2) is 43.6 Å². The minimum Gasteiger partial charge on any atom is -0.383 e. The number of rotatable bonds is 8. The predicted octanol–water partition coefficient (Wildman–Crippen LogP) is 3.98. The summed E-state index contributed by atoms with van der Waals surface area (Å²) in [5.74, 6) is 2.23. The Kier molecular flexibility index (Phi) is 6.18. The highest BCUT2D eigenvalue weighted by Gasteiger charge is 2.16. The number of hydrogen-bond acceptors (Lipinski definition) is 8. The van der Waals surface area contributed by atoms with Gasteiger partial charge in [0.2, 0.25) is 11.7 Å². The van der Waals surface area contributed by atoms with Crippen LogP contribution in [0.3, 0.4) is 0 Å². The van der Waals surface area contributed by atoms with E-state index in [1.165, 1.54) is 11.8 Å². The van der Waals surface area contributed by atoms with E-state index in [9.17, 15) is 0 Å². The van der Waals surface area contributed by atoms with Crippen LogP contribution in [0, 0.1) is 0 Å². The number of thioether (sulfide) groups is 1. The number of pyridine rings is 1. The largest absolute Gasteiger partial charge is 0.383 e. The third kappa shape index (κ3) is 4.64. The smallest absolute Gasteiger partial charge is 0.237 e. The molecule has 0 radical (unpaired) electrons. The van der Waals surface area contributed by atoms with Crippen LogP contribution in [0.25, 0.3) is 22.8 Å². The van der Waals surface area contributed by atoms with Gasteiger partial charge in [-0.15, -0.1) is 10.2 Å². The standard InChI is InChI=1S/C19H17ClN6O2S/c1-27-10-9-26-18(13-5-7-21-8-6-13)23-24-19(26)29-12-16-22-17(25-28-16)14-3-2-4-15(20)11-14/h2-8,11H,9-10,12H2,1H3. The first kappa shape index (κ1) is 19.6. The second-order valence-corrected chi connectivity index (χ2v) is 7.38. The third-order valence-electron chi connectivity index (χ3n) is 4.05. The van der Waals surface area contributed by atoms with E-state index >= 15 is 0 Å². The Hall–Kier alpha value is -2.75. The average molecular weight is 429 g/mol. The van der Waals surface area contributed by atoms with Crippen molar-refractivity contribution in [3.05, 3.63) is 59.7 Å². The average Bonchev–Trinajstić information content (AvgIpc) is 3.38. The van der Waals surface area contributed by atoms with Crippen molar-refractivity contribution in [3.8, 4) is 22.8 Å². The van der Waals surface area contributed by atoms with Crippen molar-refractivity contribution in [1.29, 1.82) is 0 Å². The lowest BCUT2D eigenvalue weighted by molar-refractivity contribution is 0.185. The highest BCUT2D eigenvalue weighted by Crippen LogP contribution is 2.27. The normalized spacial score (nSPS) is 11.1. The molecule has 0 amide bonds. The lowest BCUT2D eigenvalue weighted by Crippen LogP contribution is -2.07. The summed E-state index contributed by atoms with van der Waals surface area (Å²) in [5, 5.41) is 14.1. The van der Waals surface area contributed by atoms with Crippen molar-refractivity contribution >= 4 is 23.4 Å². The first-order valence-corrected chi connectivity index (χ1v) is 10.1. The molecule has 0 spiro atoms. The van der Waals surface area contributed by atoms with Crippen molar-refractivity contribution in [1.82, 2.24) is 29.9 Å². The number of benzene rings is 1. The van der Waals surface area contributed by atoms with Gasteiger partial charge in [-0.05, 0) is 24.3 Å². The second kappa shape index (κ2) is 9.17. The maximum absolute atomic E-state index is 6.03. The molecule has 0 bridgehead atoms. The fraction of sp³-hybridized carbons (Fsp3) is 0.211. The van der Waals surface area contributed by atoms with Crippen LogP contribution in [0.4, 0.5) is 0 Å². The highest BCUT2D eigenvalue weighted by atomic mass is 35.5. The van der Waals surface area contributed by atoms with Crippen LogP contribution in [0.1, 0.15) is 5.89 Å². The number of methoxy groups -OCH3 is 1. The molecule has 4 aromatic rings. The fourth-order valence-corrected chi connectivity index (χ4v) is 3.67. The number of ether oxygens (including phenoxy) is 1. The summed E-state index contributed by atoms with van der Waals surface area (Å²) < 4.78 is 12.6. The zero-order chi connectivity index (χ0) is 20.1.